The summed E-state index contributed by atoms with van der Waals surface area (Å²) in [6.45, 7) is 1.80. The van der Waals surface area contributed by atoms with E-state index in [0.717, 1.165) is 0 Å². The lowest BCUT2D eigenvalue weighted by atomic mass is 10.1. The maximum Gasteiger partial charge on any atom is 0.175 e. The third kappa shape index (κ3) is 3.08. The fraction of sp³-hybridized carbons (Fsp3) is 0.188. The average molecular weight is 379 g/mol. The number of anilines is 1. The van der Waals surface area contributed by atoms with Crippen molar-refractivity contribution in [3.8, 4) is 5.75 Å². The van der Waals surface area contributed by atoms with Crippen LogP contribution in [0.4, 0.5) is 10.2 Å². The van der Waals surface area contributed by atoms with Crippen LogP contribution in [0.25, 0.3) is 5.65 Å². The molecule has 0 saturated carbocycles. The van der Waals surface area contributed by atoms with Crippen molar-refractivity contribution in [3.63, 3.8) is 0 Å². The van der Waals surface area contributed by atoms with Crippen LogP contribution in [0.3, 0.4) is 0 Å². The summed E-state index contributed by atoms with van der Waals surface area (Å²) in [6.07, 6.45) is 3.10. The summed E-state index contributed by atoms with van der Waals surface area (Å²) < 4.78 is 20.6. The van der Waals surface area contributed by atoms with Crippen molar-refractivity contribution < 1.29 is 14.3 Å². The second kappa shape index (κ2) is 7.04. The first-order chi connectivity index (χ1) is 12.5. The number of methoxy groups -OCH3 is 1. The Labute approximate surface area is 153 Å². The van der Waals surface area contributed by atoms with Crippen LogP contribution in [-0.2, 0) is 0 Å². The van der Waals surface area contributed by atoms with Gasteiger partial charge in [0.15, 0.2) is 11.5 Å². The lowest BCUT2D eigenvalue weighted by Gasteiger charge is -2.19. The van der Waals surface area contributed by atoms with E-state index in [4.69, 9.17) is 27.3 Å². The largest absolute Gasteiger partial charge is 0.496 e. The molecule has 2 heterocycles. The molecule has 0 fully saturated rings. The molecule has 0 radical (unpaired) electrons. The van der Waals surface area contributed by atoms with Crippen molar-refractivity contribution in [2.24, 2.45) is 10.9 Å². The number of benzene rings is 1. The van der Waals surface area contributed by atoms with E-state index >= 15 is 0 Å². The van der Waals surface area contributed by atoms with Crippen LogP contribution in [0.2, 0.25) is 5.02 Å². The number of hydrogen-bond acceptors (Lipinski definition) is 6. The molecule has 0 spiro atoms. The lowest BCUT2D eigenvalue weighted by Crippen LogP contribution is -2.14. The number of hydrogen-bond donors (Lipinski definition) is 3. The number of nitrogens with two attached hydrogens (primary N) is 1. The Bertz CT molecular complexity index is 990. The zero-order chi connectivity index (χ0) is 18.8. The van der Waals surface area contributed by atoms with Gasteiger partial charge in [0.25, 0.3) is 0 Å². The molecular formula is C16H16ClFN6O2. The third-order valence-corrected chi connectivity index (χ3v) is 4.25. The Morgan fingerprint density at radius 1 is 1.46 bits per heavy atom. The molecule has 136 valence electrons. The van der Waals surface area contributed by atoms with Crippen molar-refractivity contribution in [1.82, 2.24) is 14.6 Å². The molecule has 2 aromatic heterocycles. The lowest BCUT2D eigenvalue weighted by molar-refractivity contribution is 0.318. The second-order valence-electron chi connectivity index (χ2n) is 5.47. The molecule has 26 heavy (non-hydrogen) atoms. The molecule has 0 aliphatic rings. The minimum Gasteiger partial charge on any atom is -0.496 e. The normalized spacial score (nSPS) is 13.0. The van der Waals surface area contributed by atoms with Gasteiger partial charge >= 0.3 is 0 Å². The third-order valence-electron chi connectivity index (χ3n) is 3.86. The minimum absolute atomic E-state index is 0.0212. The van der Waals surface area contributed by atoms with E-state index in [9.17, 15) is 4.39 Å². The Balaban J connectivity index is 1.98. The molecule has 0 bridgehead atoms. The Morgan fingerprint density at radius 2 is 2.23 bits per heavy atom. The summed E-state index contributed by atoms with van der Waals surface area (Å²) in [6, 6.07) is 4.04. The molecule has 0 amide bonds. The highest BCUT2D eigenvalue weighted by Gasteiger charge is 2.19. The number of fused-ring (bicyclic) bond motifs is 1. The van der Waals surface area contributed by atoms with Crippen LogP contribution in [0, 0.1) is 5.82 Å². The first kappa shape index (κ1) is 17.7. The highest BCUT2D eigenvalue weighted by molar-refractivity contribution is 6.31. The van der Waals surface area contributed by atoms with Gasteiger partial charge in [-0.3, -0.25) is 0 Å². The zero-order valence-electron chi connectivity index (χ0n) is 13.9. The molecule has 10 heteroatoms. The van der Waals surface area contributed by atoms with Gasteiger partial charge in [-0.05, 0) is 25.1 Å². The van der Waals surface area contributed by atoms with Crippen LogP contribution < -0.4 is 15.8 Å². The fourth-order valence-electron chi connectivity index (χ4n) is 2.61. The number of aromatic nitrogens is 3. The molecule has 0 aliphatic heterocycles. The predicted molar refractivity (Wildman–Crippen MR) is 95.5 cm³/mol. The zero-order valence-corrected chi connectivity index (χ0v) is 14.7. The Hall–Kier alpha value is -3.07. The molecule has 3 aromatic rings. The smallest absolute Gasteiger partial charge is 0.175 e. The van der Waals surface area contributed by atoms with E-state index < -0.39 is 11.9 Å². The summed E-state index contributed by atoms with van der Waals surface area (Å²) in [5.74, 6) is 0.288. The fourth-order valence-corrected chi connectivity index (χ4v) is 2.93. The number of halogens is 2. The van der Waals surface area contributed by atoms with Crippen LogP contribution in [-0.4, -0.2) is 32.8 Å². The quantitative estimate of drug-likeness (QED) is 0.272. The number of amidine groups is 1. The molecule has 0 unspecified atom stereocenters. The number of rotatable bonds is 5. The maximum absolute atomic E-state index is 13.8. The summed E-state index contributed by atoms with van der Waals surface area (Å²) in [5, 5.41) is 19.0. The standard InChI is InChI=1S/C16H16ClFN6O2/c1-8(13-11(26-2)4-3-10(18)14(13)17)21-12-5-6-24-16(22-12)9(7-20-24)15(19)23-25/h3-8,25H,1-2H3,(H2,19,23)(H,21,22)/t8-/m1/s1. The van der Waals surface area contributed by atoms with Gasteiger partial charge in [0, 0.05) is 11.8 Å². The van der Waals surface area contributed by atoms with Crippen LogP contribution in [0.5, 0.6) is 5.75 Å². The number of nitrogens with zero attached hydrogens (tertiary/aromatic N) is 4. The SMILES string of the molecule is COc1ccc(F)c(Cl)c1[C@@H](C)Nc1ccn2ncc(/C(N)=N/O)c2n1. The average Bonchev–Trinajstić information content (AvgIpc) is 3.06. The topological polar surface area (TPSA) is 110 Å². The second-order valence-corrected chi connectivity index (χ2v) is 5.85. The molecule has 8 nitrogen and oxygen atoms in total. The molecule has 0 saturated heterocycles. The summed E-state index contributed by atoms with van der Waals surface area (Å²) in [4.78, 5) is 4.42. The van der Waals surface area contributed by atoms with E-state index in [-0.39, 0.29) is 10.9 Å². The highest BCUT2D eigenvalue weighted by Crippen LogP contribution is 2.35. The minimum atomic E-state index is -0.537. The molecule has 0 aliphatic carbocycles. The van der Waals surface area contributed by atoms with E-state index in [0.29, 0.717) is 28.3 Å². The molecule has 3 rings (SSSR count). The first-order valence-corrected chi connectivity index (χ1v) is 7.94. The van der Waals surface area contributed by atoms with Crippen molar-refractivity contribution >= 4 is 28.9 Å². The number of ether oxygens (including phenoxy) is 1. The summed E-state index contributed by atoms with van der Waals surface area (Å²) in [7, 11) is 1.49. The van der Waals surface area contributed by atoms with Crippen molar-refractivity contribution in [2.45, 2.75) is 13.0 Å². The van der Waals surface area contributed by atoms with Crippen molar-refractivity contribution in [1.29, 1.82) is 0 Å². The summed E-state index contributed by atoms with van der Waals surface area (Å²) >= 11 is 6.11. The van der Waals surface area contributed by atoms with Crippen LogP contribution in [0.15, 0.2) is 35.7 Å². The van der Waals surface area contributed by atoms with E-state index in [1.165, 1.54) is 30.0 Å². The molecule has 1 atom stereocenters. The van der Waals surface area contributed by atoms with E-state index in [1.807, 2.05) is 0 Å². The van der Waals surface area contributed by atoms with Gasteiger partial charge in [0.2, 0.25) is 0 Å². The van der Waals surface area contributed by atoms with Gasteiger partial charge in [-0.25, -0.2) is 13.9 Å². The van der Waals surface area contributed by atoms with Gasteiger partial charge in [-0.15, -0.1) is 0 Å². The molecule has 1 aromatic carbocycles. The number of nitrogens with one attached hydrogen (secondary N) is 1. The highest BCUT2D eigenvalue weighted by atomic mass is 35.5. The van der Waals surface area contributed by atoms with Gasteiger partial charge in [0.1, 0.15) is 17.4 Å². The van der Waals surface area contributed by atoms with Gasteiger partial charge < -0.3 is 21.0 Å². The van der Waals surface area contributed by atoms with Crippen molar-refractivity contribution in [3.05, 3.63) is 52.6 Å². The molecule has 4 N–H and O–H groups in total. The first-order valence-electron chi connectivity index (χ1n) is 7.57. The number of oxime groups is 1. The van der Waals surface area contributed by atoms with Crippen LogP contribution >= 0.6 is 11.6 Å². The monoisotopic (exact) mass is 378 g/mol. The molecular weight excluding hydrogens is 363 g/mol. The maximum atomic E-state index is 13.8. The Kier molecular flexibility index (Phi) is 4.81. The Morgan fingerprint density at radius 3 is 2.92 bits per heavy atom. The van der Waals surface area contributed by atoms with Gasteiger partial charge in [0.05, 0.1) is 29.9 Å². The van der Waals surface area contributed by atoms with Gasteiger partial charge in [-0.2, -0.15) is 5.10 Å². The van der Waals surface area contributed by atoms with Crippen molar-refractivity contribution in [2.75, 3.05) is 12.4 Å². The van der Waals surface area contributed by atoms with E-state index in [1.54, 1.807) is 19.2 Å². The predicted octanol–water partition coefficient (Wildman–Crippen LogP) is 2.80. The van der Waals surface area contributed by atoms with Crippen LogP contribution in [0.1, 0.15) is 24.1 Å². The van der Waals surface area contributed by atoms with Gasteiger partial charge in [-0.1, -0.05) is 16.8 Å². The van der Waals surface area contributed by atoms with E-state index in [2.05, 4.69) is 20.6 Å². The summed E-state index contributed by atoms with van der Waals surface area (Å²) in [5.41, 5.74) is 6.88.